The molecule has 0 fully saturated rings. The summed E-state index contributed by atoms with van der Waals surface area (Å²) in [5.74, 6) is 0.920. The normalized spacial score (nSPS) is 12.4. The van der Waals surface area contributed by atoms with E-state index in [2.05, 4.69) is 34.6 Å². The summed E-state index contributed by atoms with van der Waals surface area (Å²) < 4.78 is 17.0. The van der Waals surface area contributed by atoms with Crippen molar-refractivity contribution in [2.75, 3.05) is 13.2 Å². The second kappa shape index (κ2) is 59.7. The van der Waals surface area contributed by atoms with Crippen molar-refractivity contribution in [2.24, 2.45) is 11.8 Å². The van der Waals surface area contributed by atoms with Gasteiger partial charge in [-0.1, -0.05) is 343 Å². The average molecular weight is 1030 g/mol. The molecule has 6 heteroatoms. The maximum Gasteiger partial charge on any atom is 0.306 e. The molecule has 0 N–H and O–H groups in total. The van der Waals surface area contributed by atoms with Crippen LogP contribution in [0.25, 0.3) is 0 Å². The minimum atomic E-state index is -0.764. The van der Waals surface area contributed by atoms with E-state index in [9.17, 15) is 14.4 Å². The molecule has 2 atom stereocenters. The van der Waals surface area contributed by atoms with E-state index in [0.29, 0.717) is 19.3 Å². The highest BCUT2D eigenvalue weighted by Crippen LogP contribution is 2.20. The van der Waals surface area contributed by atoms with Crippen LogP contribution in [0.1, 0.15) is 381 Å². The SMILES string of the molecule is CCCCCCCCCCCCCCCCCCCC(=O)OC[C@H](COC(=O)CCCCCCCCCCCCCCCCCCCCC(C)CC)OC(=O)CCCCCCCCCCCCCCCC(C)C. The second-order valence-electron chi connectivity index (χ2n) is 23.8. The molecule has 1 unspecified atom stereocenters. The highest BCUT2D eigenvalue weighted by atomic mass is 16.6. The lowest BCUT2D eigenvalue weighted by molar-refractivity contribution is -0.167. The van der Waals surface area contributed by atoms with E-state index in [1.54, 1.807) is 0 Å². The molecule has 6 nitrogen and oxygen atoms in total. The van der Waals surface area contributed by atoms with Crippen molar-refractivity contribution in [2.45, 2.75) is 387 Å². The number of carbonyl (C=O) groups is 3. The number of hydrogen-bond acceptors (Lipinski definition) is 6. The molecule has 0 aliphatic rings. The Hall–Kier alpha value is -1.59. The molecule has 0 aromatic heterocycles. The third kappa shape index (κ3) is 59.5. The van der Waals surface area contributed by atoms with Gasteiger partial charge in [0, 0.05) is 19.3 Å². The summed E-state index contributed by atoms with van der Waals surface area (Å²) in [6.07, 6.45) is 66.7. The van der Waals surface area contributed by atoms with Gasteiger partial charge in [0.05, 0.1) is 0 Å². The predicted octanol–water partition coefficient (Wildman–Crippen LogP) is 22.4. The van der Waals surface area contributed by atoms with Gasteiger partial charge in [-0.15, -0.1) is 0 Å². The second-order valence-corrected chi connectivity index (χ2v) is 23.8. The smallest absolute Gasteiger partial charge is 0.306 e. The van der Waals surface area contributed by atoms with Gasteiger partial charge in [-0.25, -0.2) is 0 Å². The molecule has 0 heterocycles. The van der Waals surface area contributed by atoms with Crippen LogP contribution in [0, 0.1) is 11.8 Å². The van der Waals surface area contributed by atoms with Crippen LogP contribution >= 0.6 is 0 Å². The molecular weight excluding hydrogens is 901 g/mol. The summed E-state index contributed by atoms with van der Waals surface area (Å²) in [5, 5.41) is 0. The van der Waals surface area contributed by atoms with Gasteiger partial charge in [0.2, 0.25) is 0 Å². The summed E-state index contributed by atoms with van der Waals surface area (Å²) >= 11 is 0. The fraction of sp³-hybridized carbons (Fsp3) is 0.955. The largest absolute Gasteiger partial charge is 0.462 e. The fourth-order valence-corrected chi connectivity index (χ4v) is 10.4. The van der Waals surface area contributed by atoms with Crippen molar-refractivity contribution in [3.8, 4) is 0 Å². The predicted molar refractivity (Wildman–Crippen MR) is 316 cm³/mol. The first-order chi connectivity index (χ1) is 35.8. The Morgan fingerprint density at radius 2 is 0.521 bits per heavy atom. The van der Waals surface area contributed by atoms with Gasteiger partial charge in [0.15, 0.2) is 6.10 Å². The lowest BCUT2D eigenvalue weighted by Gasteiger charge is -2.18. The van der Waals surface area contributed by atoms with Gasteiger partial charge in [-0.2, -0.15) is 0 Å². The first kappa shape index (κ1) is 71.4. The Morgan fingerprint density at radius 3 is 0.781 bits per heavy atom. The lowest BCUT2D eigenvalue weighted by Crippen LogP contribution is -2.30. The molecular formula is C67H130O6. The molecule has 0 radical (unpaired) electrons. The standard InChI is InChI=1S/C67H130O6/c1-6-8-9-10-11-12-13-14-15-18-22-27-32-37-42-47-52-57-65(68)71-60-64(73-67(70)59-54-49-44-39-34-29-24-25-30-35-40-45-50-55-62(3)4)61-72-66(69)58-53-48-43-38-33-28-23-20-17-16-19-21-26-31-36-41-46-51-56-63(5)7-2/h62-64H,6-61H2,1-5H3/t63?,64-/m1/s1. The Kier molecular flexibility index (Phi) is 58.4. The van der Waals surface area contributed by atoms with E-state index in [-0.39, 0.29) is 31.1 Å². The van der Waals surface area contributed by atoms with Crippen molar-refractivity contribution in [1.29, 1.82) is 0 Å². The quantitative estimate of drug-likeness (QED) is 0.0343. The third-order valence-corrected chi connectivity index (χ3v) is 15.8. The Labute approximate surface area is 457 Å². The maximum atomic E-state index is 12.9. The van der Waals surface area contributed by atoms with Gasteiger partial charge in [0.1, 0.15) is 13.2 Å². The summed E-state index contributed by atoms with van der Waals surface area (Å²) in [5.41, 5.74) is 0. The van der Waals surface area contributed by atoms with Crippen LogP contribution in [0.3, 0.4) is 0 Å². The number of carbonyl (C=O) groups excluding carboxylic acids is 3. The Balaban J connectivity index is 4.26. The minimum Gasteiger partial charge on any atom is -0.462 e. The Bertz CT molecular complexity index is 1120. The number of esters is 3. The van der Waals surface area contributed by atoms with Gasteiger partial charge in [0.25, 0.3) is 0 Å². The Morgan fingerprint density at radius 1 is 0.288 bits per heavy atom. The lowest BCUT2D eigenvalue weighted by atomic mass is 9.99. The van der Waals surface area contributed by atoms with Crippen LogP contribution in [0.2, 0.25) is 0 Å². The summed E-state index contributed by atoms with van der Waals surface area (Å²) in [6.45, 7) is 11.5. The van der Waals surface area contributed by atoms with Gasteiger partial charge in [-0.05, 0) is 31.1 Å². The van der Waals surface area contributed by atoms with Crippen LogP contribution in [0.5, 0.6) is 0 Å². The number of hydrogen-bond donors (Lipinski definition) is 0. The highest BCUT2D eigenvalue weighted by Gasteiger charge is 2.19. The van der Waals surface area contributed by atoms with Crippen LogP contribution in [0.4, 0.5) is 0 Å². The number of unbranched alkanes of at least 4 members (excludes halogenated alkanes) is 45. The number of ether oxygens (including phenoxy) is 3. The van der Waals surface area contributed by atoms with E-state index in [4.69, 9.17) is 14.2 Å². The van der Waals surface area contributed by atoms with Crippen LogP contribution in [-0.2, 0) is 28.6 Å². The third-order valence-electron chi connectivity index (χ3n) is 15.8. The molecule has 0 saturated carbocycles. The zero-order valence-corrected chi connectivity index (χ0v) is 50.3. The zero-order valence-electron chi connectivity index (χ0n) is 50.3. The van der Waals surface area contributed by atoms with Crippen molar-refractivity contribution in [3.63, 3.8) is 0 Å². The molecule has 73 heavy (non-hydrogen) atoms. The van der Waals surface area contributed by atoms with E-state index < -0.39 is 6.10 Å². The summed E-state index contributed by atoms with van der Waals surface area (Å²) in [7, 11) is 0. The minimum absolute atomic E-state index is 0.0616. The van der Waals surface area contributed by atoms with E-state index in [1.165, 1.54) is 270 Å². The average Bonchev–Trinajstić information content (AvgIpc) is 3.38. The molecule has 0 aliphatic heterocycles. The summed E-state index contributed by atoms with van der Waals surface area (Å²) in [4.78, 5) is 38.4. The van der Waals surface area contributed by atoms with Gasteiger partial charge < -0.3 is 14.2 Å². The molecule has 0 amide bonds. The fourth-order valence-electron chi connectivity index (χ4n) is 10.4. The molecule has 0 aromatic carbocycles. The van der Waals surface area contributed by atoms with E-state index >= 15 is 0 Å². The highest BCUT2D eigenvalue weighted by molar-refractivity contribution is 5.71. The van der Waals surface area contributed by atoms with Crippen LogP contribution < -0.4 is 0 Å². The monoisotopic (exact) mass is 1030 g/mol. The summed E-state index contributed by atoms with van der Waals surface area (Å²) in [6, 6.07) is 0. The molecule has 0 rings (SSSR count). The molecule has 434 valence electrons. The topological polar surface area (TPSA) is 78.9 Å². The molecule has 0 saturated heterocycles. The van der Waals surface area contributed by atoms with Crippen molar-refractivity contribution in [1.82, 2.24) is 0 Å². The van der Waals surface area contributed by atoms with Crippen molar-refractivity contribution >= 4 is 17.9 Å². The van der Waals surface area contributed by atoms with Crippen LogP contribution in [0.15, 0.2) is 0 Å². The zero-order chi connectivity index (χ0) is 53.2. The number of rotatable bonds is 61. The molecule has 0 aliphatic carbocycles. The van der Waals surface area contributed by atoms with E-state index in [1.807, 2.05) is 0 Å². The first-order valence-electron chi connectivity index (χ1n) is 33.3. The van der Waals surface area contributed by atoms with E-state index in [0.717, 1.165) is 69.6 Å². The van der Waals surface area contributed by atoms with Crippen molar-refractivity contribution < 1.29 is 28.6 Å². The molecule has 0 bridgehead atoms. The molecule has 0 aromatic rings. The first-order valence-corrected chi connectivity index (χ1v) is 33.3. The molecule has 0 spiro atoms. The maximum absolute atomic E-state index is 12.9. The van der Waals surface area contributed by atoms with Gasteiger partial charge >= 0.3 is 17.9 Å². The van der Waals surface area contributed by atoms with Crippen LogP contribution in [-0.4, -0.2) is 37.2 Å². The van der Waals surface area contributed by atoms with Gasteiger partial charge in [-0.3, -0.25) is 14.4 Å². The van der Waals surface area contributed by atoms with Crippen molar-refractivity contribution in [3.05, 3.63) is 0 Å².